The van der Waals surface area contributed by atoms with Crippen LogP contribution >= 0.6 is 0 Å². The average Bonchev–Trinajstić information content (AvgIpc) is 2.25. The topological polar surface area (TPSA) is 46.2 Å². The van der Waals surface area contributed by atoms with E-state index in [0.717, 1.165) is 5.56 Å². The van der Waals surface area contributed by atoms with Crippen LogP contribution in [0, 0.1) is 5.41 Å². The summed E-state index contributed by atoms with van der Waals surface area (Å²) in [6.07, 6.45) is 1.59. The molecule has 0 spiro atoms. The Morgan fingerprint density at radius 3 is 2.29 bits per heavy atom. The number of rotatable bonds is 4. The van der Waals surface area contributed by atoms with E-state index in [0.29, 0.717) is 6.54 Å². The number of benzene rings is 1. The van der Waals surface area contributed by atoms with Gasteiger partial charge in [-0.15, -0.1) is 0 Å². The summed E-state index contributed by atoms with van der Waals surface area (Å²) in [6, 6.07) is 9.35. The normalized spacial score (nSPS) is 13.1. The zero-order chi connectivity index (χ0) is 12.9. The van der Waals surface area contributed by atoms with Gasteiger partial charge in [-0.3, -0.25) is 0 Å². The van der Waals surface area contributed by atoms with Crippen LogP contribution < -0.4 is 4.72 Å². The molecule has 0 fully saturated rings. The molecule has 94 valence electrons. The van der Waals surface area contributed by atoms with Crippen LogP contribution in [0.4, 0.5) is 0 Å². The number of hydrogen-bond donors (Lipinski definition) is 1. The van der Waals surface area contributed by atoms with E-state index in [1.54, 1.807) is 6.08 Å². The van der Waals surface area contributed by atoms with Gasteiger partial charge in [0.05, 0.1) is 0 Å². The molecule has 0 heterocycles. The lowest BCUT2D eigenvalue weighted by Crippen LogP contribution is -2.30. The summed E-state index contributed by atoms with van der Waals surface area (Å²) in [4.78, 5) is 0. The Bertz CT molecular complexity index is 470. The molecule has 1 aromatic rings. The minimum atomic E-state index is -3.34. The van der Waals surface area contributed by atoms with Crippen LogP contribution in [-0.2, 0) is 10.0 Å². The SMILES string of the molecule is CC(C)(C)CNS(=O)(=O)/C=C/c1ccccc1. The van der Waals surface area contributed by atoms with E-state index in [1.807, 2.05) is 51.1 Å². The average molecular weight is 253 g/mol. The molecule has 17 heavy (non-hydrogen) atoms. The Kier molecular flexibility index (Phi) is 4.48. The molecule has 0 amide bonds. The summed E-state index contributed by atoms with van der Waals surface area (Å²) < 4.78 is 25.9. The molecule has 0 atom stereocenters. The van der Waals surface area contributed by atoms with Gasteiger partial charge in [-0.05, 0) is 17.1 Å². The maximum atomic E-state index is 11.7. The van der Waals surface area contributed by atoms with Crippen LogP contribution in [0.5, 0.6) is 0 Å². The van der Waals surface area contributed by atoms with Crippen molar-refractivity contribution in [1.82, 2.24) is 4.72 Å². The first-order chi connectivity index (χ1) is 7.79. The van der Waals surface area contributed by atoms with Crippen molar-refractivity contribution in [3.8, 4) is 0 Å². The van der Waals surface area contributed by atoms with Gasteiger partial charge >= 0.3 is 0 Å². The monoisotopic (exact) mass is 253 g/mol. The second-order valence-corrected chi connectivity index (χ2v) is 6.79. The van der Waals surface area contributed by atoms with Crippen molar-refractivity contribution in [2.45, 2.75) is 20.8 Å². The fourth-order valence-corrected chi connectivity index (χ4v) is 2.16. The third-order valence-electron chi connectivity index (χ3n) is 2.04. The summed E-state index contributed by atoms with van der Waals surface area (Å²) in [5.74, 6) is 0. The Morgan fingerprint density at radius 1 is 1.18 bits per heavy atom. The summed E-state index contributed by atoms with van der Waals surface area (Å²) in [7, 11) is -3.34. The van der Waals surface area contributed by atoms with Crippen LogP contribution in [0.3, 0.4) is 0 Å². The first-order valence-electron chi connectivity index (χ1n) is 5.51. The largest absolute Gasteiger partial charge is 0.233 e. The zero-order valence-corrected chi connectivity index (χ0v) is 11.3. The number of hydrogen-bond acceptors (Lipinski definition) is 2. The van der Waals surface area contributed by atoms with Crippen molar-refractivity contribution in [2.24, 2.45) is 5.41 Å². The van der Waals surface area contributed by atoms with Crippen LogP contribution in [-0.4, -0.2) is 15.0 Å². The molecule has 1 N–H and O–H groups in total. The molecule has 0 aliphatic rings. The highest BCUT2D eigenvalue weighted by molar-refractivity contribution is 7.92. The van der Waals surface area contributed by atoms with Crippen molar-refractivity contribution in [2.75, 3.05) is 6.54 Å². The zero-order valence-electron chi connectivity index (χ0n) is 10.5. The van der Waals surface area contributed by atoms with E-state index < -0.39 is 10.0 Å². The van der Waals surface area contributed by atoms with Crippen LogP contribution in [0.25, 0.3) is 6.08 Å². The van der Waals surface area contributed by atoms with Gasteiger partial charge in [-0.25, -0.2) is 13.1 Å². The van der Waals surface area contributed by atoms with E-state index in [1.165, 1.54) is 5.41 Å². The molecule has 0 aliphatic carbocycles. The third kappa shape index (κ3) is 6.24. The minimum absolute atomic E-state index is 0.0618. The minimum Gasteiger partial charge on any atom is -0.211 e. The smallest absolute Gasteiger partial charge is 0.211 e. The Balaban J connectivity index is 2.65. The van der Waals surface area contributed by atoms with Gasteiger partial charge in [-0.2, -0.15) is 0 Å². The van der Waals surface area contributed by atoms with Gasteiger partial charge in [0, 0.05) is 12.0 Å². The van der Waals surface area contributed by atoms with Crippen molar-refractivity contribution < 1.29 is 8.42 Å². The third-order valence-corrected chi connectivity index (χ3v) is 3.08. The summed E-state index contributed by atoms with van der Waals surface area (Å²) >= 11 is 0. The number of nitrogens with one attached hydrogen (secondary N) is 1. The molecule has 1 rings (SSSR count). The Hall–Kier alpha value is -1.13. The summed E-state index contributed by atoms with van der Waals surface area (Å²) in [6.45, 7) is 6.37. The molecule has 3 nitrogen and oxygen atoms in total. The fraction of sp³-hybridized carbons (Fsp3) is 0.385. The van der Waals surface area contributed by atoms with Crippen molar-refractivity contribution in [1.29, 1.82) is 0 Å². The lowest BCUT2D eigenvalue weighted by molar-refractivity contribution is 0.409. The fourth-order valence-electron chi connectivity index (χ4n) is 1.10. The standard InChI is InChI=1S/C13H19NO2S/c1-13(2,3)11-14-17(15,16)10-9-12-7-5-4-6-8-12/h4-10,14H,11H2,1-3H3/b10-9+. The quantitative estimate of drug-likeness (QED) is 0.896. The maximum Gasteiger partial charge on any atom is 0.233 e. The lowest BCUT2D eigenvalue weighted by atomic mass is 9.98. The second-order valence-electron chi connectivity index (χ2n) is 5.14. The summed E-state index contributed by atoms with van der Waals surface area (Å²) in [5.41, 5.74) is 0.807. The van der Waals surface area contributed by atoms with E-state index in [-0.39, 0.29) is 5.41 Å². The molecule has 0 aromatic heterocycles. The molecular weight excluding hydrogens is 234 g/mol. The van der Waals surface area contributed by atoms with Gasteiger partial charge < -0.3 is 0 Å². The first kappa shape index (κ1) is 13.9. The van der Waals surface area contributed by atoms with Gasteiger partial charge in [0.2, 0.25) is 10.0 Å². The molecule has 0 saturated carbocycles. The molecule has 0 unspecified atom stereocenters. The van der Waals surface area contributed by atoms with Crippen molar-refractivity contribution in [3.63, 3.8) is 0 Å². The lowest BCUT2D eigenvalue weighted by Gasteiger charge is -2.17. The van der Waals surface area contributed by atoms with Crippen LogP contribution in [0.1, 0.15) is 26.3 Å². The molecule has 4 heteroatoms. The van der Waals surface area contributed by atoms with Crippen LogP contribution in [0.15, 0.2) is 35.7 Å². The van der Waals surface area contributed by atoms with E-state index in [2.05, 4.69) is 4.72 Å². The van der Waals surface area contributed by atoms with Crippen LogP contribution in [0.2, 0.25) is 0 Å². The molecule has 1 aromatic carbocycles. The van der Waals surface area contributed by atoms with Gasteiger partial charge in [-0.1, -0.05) is 51.1 Å². The predicted octanol–water partition coefficient (Wildman–Crippen LogP) is 2.62. The summed E-state index contributed by atoms with van der Waals surface area (Å²) in [5, 5.41) is 1.20. The van der Waals surface area contributed by atoms with Crippen molar-refractivity contribution >= 4 is 16.1 Å². The van der Waals surface area contributed by atoms with E-state index in [9.17, 15) is 8.42 Å². The van der Waals surface area contributed by atoms with Gasteiger partial charge in [0.25, 0.3) is 0 Å². The molecular formula is C13H19NO2S. The Morgan fingerprint density at radius 2 is 1.76 bits per heavy atom. The van der Waals surface area contributed by atoms with E-state index in [4.69, 9.17) is 0 Å². The first-order valence-corrected chi connectivity index (χ1v) is 7.06. The maximum absolute atomic E-state index is 11.7. The predicted molar refractivity (Wildman–Crippen MR) is 71.9 cm³/mol. The number of sulfonamides is 1. The molecule has 0 saturated heterocycles. The Labute approximate surface area is 104 Å². The highest BCUT2D eigenvalue weighted by atomic mass is 32.2. The molecule has 0 bridgehead atoms. The van der Waals surface area contributed by atoms with Crippen molar-refractivity contribution in [3.05, 3.63) is 41.3 Å². The molecule has 0 aliphatic heterocycles. The van der Waals surface area contributed by atoms with Gasteiger partial charge in [0.15, 0.2) is 0 Å². The highest BCUT2D eigenvalue weighted by Gasteiger charge is 2.13. The van der Waals surface area contributed by atoms with E-state index >= 15 is 0 Å². The molecule has 0 radical (unpaired) electrons. The highest BCUT2D eigenvalue weighted by Crippen LogP contribution is 2.11. The second kappa shape index (κ2) is 5.47. The van der Waals surface area contributed by atoms with Gasteiger partial charge in [0.1, 0.15) is 0 Å².